The van der Waals surface area contributed by atoms with Gasteiger partial charge in [-0.3, -0.25) is 0 Å². The molecule has 0 aliphatic carbocycles. The maximum atomic E-state index is 2.50. The molecule has 13 heavy (non-hydrogen) atoms. The Hall–Kier alpha value is 0.270. The number of hydrogen-bond donors (Lipinski definition) is 0. The van der Waals surface area contributed by atoms with Gasteiger partial charge >= 0.3 is 92.1 Å². The molecule has 0 saturated heterocycles. The summed E-state index contributed by atoms with van der Waals surface area (Å²) in [7, 11) is 0. The van der Waals surface area contributed by atoms with E-state index in [1.165, 1.54) is 32.1 Å². The van der Waals surface area contributed by atoms with Crippen molar-refractivity contribution < 1.29 is 0 Å². The van der Waals surface area contributed by atoms with Gasteiger partial charge in [0.1, 0.15) is 0 Å². The Kier molecular flexibility index (Phi) is 5.83. The normalized spacial score (nSPS) is 13.1. The van der Waals surface area contributed by atoms with E-state index >= 15 is 0 Å². The van der Waals surface area contributed by atoms with Crippen LogP contribution in [0, 0.1) is 5.92 Å². The van der Waals surface area contributed by atoms with Crippen LogP contribution in [0.3, 0.4) is 0 Å². The fraction of sp³-hybridized carbons (Fsp3) is 0.667. The molecule has 0 N–H and O–H groups in total. The van der Waals surface area contributed by atoms with Gasteiger partial charge in [-0.15, -0.1) is 0 Å². The van der Waals surface area contributed by atoms with Crippen molar-refractivity contribution in [2.45, 2.75) is 46.0 Å². The summed E-state index contributed by atoms with van der Waals surface area (Å²) in [6.45, 7) is 4.62. The minimum atomic E-state index is 0.153. The van der Waals surface area contributed by atoms with E-state index in [-0.39, 0.29) is 20.4 Å². The van der Waals surface area contributed by atoms with E-state index in [1.54, 1.807) is 5.56 Å². The molecule has 1 heteroatoms. The molecular formula is C12H20Te. The van der Waals surface area contributed by atoms with Gasteiger partial charge in [0.05, 0.1) is 0 Å². The van der Waals surface area contributed by atoms with Crippen LogP contribution in [0.15, 0.2) is 14.2 Å². The molecule has 0 fully saturated rings. The monoisotopic (exact) mass is 294 g/mol. The van der Waals surface area contributed by atoms with Gasteiger partial charge in [-0.05, 0) is 0 Å². The molecule has 1 aromatic heterocycles. The molecule has 0 bridgehead atoms. The van der Waals surface area contributed by atoms with Crippen molar-refractivity contribution in [3.8, 4) is 0 Å². The van der Waals surface area contributed by atoms with Crippen LogP contribution in [-0.4, -0.2) is 20.4 Å². The van der Waals surface area contributed by atoms with Crippen LogP contribution >= 0.6 is 0 Å². The molecule has 1 atom stereocenters. The average Bonchev–Trinajstić information content (AvgIpc) is 2.64. The van der Waals surface area contributed by atoms with Gasteiger partial charge in [0.2, 0.25) is 0 Å². The Bertz CT molecular complexity index is 201. The van der Waals surface area contributed by atoms with Gasteiger partial charge in [-0.1, -0.05) is 0 Å². The zero-order chi connectivity index (χ0) is 9.52. The topological polar surface area (TPSA) is 0 Å². The summed E-state index contributed by atoms with van der Waals surface area (Å²) in [5, 5.41) is 0. The third kappa shape index (κ3) is 4.34. The van der Waals surface area contributed by atoms with Gasteiger partial charge in [-0.2, -0.15) is 0 Å². The second kappa shape index (κ2) is 6.68. The summed E-state index contributed by atoms with van der Waals surface area (Å²) in [5.74, 6) is 0.946. The Morgan fingerprint density at radius 1 is 1.38 bits per heavy atom. The SMILES string of the molecule is CCCCC(CC)Cc1cc[te]c1. The Morgan fingerprint density at radius 3 is 2.77 bits per heavy atom. The first-order chi connectivity index (χ1) is 6.36. The number of hydrogen-bond acceptors (Lipinski definition) is 0. The van der Waals surface area contributed by atoms with E-state index < -0.39 is 0 Å². The second-order valence-corrected chi connectivity index (χ2v) is 5.98. The second-order valence-electron chi connectivity index (χ2n) is 3.75. The molecule has 0 spiro atoms. The molecule has 0 amide bonds. The molecule has 1 aromatic rings. The summed E-state index contributed by atoms with van der Waals surface area (Å²) in [6, 6.07) is 2.36. The van der Waals surface area contributed by atoms with Gasteiger partial charge in [-0.25, -0.2) is 0 Å². The molecule has 0 radical (unpaired) electrons. The van der Waals surface area contributed by atoms with Crippen molar-refractivity contribution in [1.82, 2.24) is 0 Å². The Balaban J connectivity index is 2.31. The fourth-order valence-electron chi connectivity index (χ4n) is 1.69. The Labute approximate surface area is 92.0 Å². The third-order valence-corrected chi connectivity index (χ3v) is 4.74. The Morgan fingerprint density at radius 2 is 2.23 bits per heavy atom. The maximum absolute atomic E-state index is 2.50. The van der Waals surface area contributed by atoms with E-state index in [0.29, 0.717) is 0 Å². The first-order valence-corrected chi connectivity index (χ1v) is 8.07. The van der Waals surface area contributed by atoms with E-state index in [4.69, 9.17) is 0 Å². The van der Waals surface area contributed by atoms with Crippen LogP contribution in [0.1, 0.15) is 45.1 Å². The van der Waals surface area contributed by atoms with Gasteiger partial charge < -0.3 is 0 Å². The summed E-state index contributed by atoms with van der Waals surface area (Å²) >= 11 is 0.153. The van der Waals surface area contributed by atoms with Crippen molar-refractivity contribution in [1.29, 1.82) is 0 Å². The minimum absolute atomic E-state index is 0.153. The van der Waals surface area contributed by atoms with E-state index in [2.05, 4.69) is 28.1 Å². The van der Waals surface area contributed by atoms with Crippen molar-refractivity contribution in [2.75, 3.05) is 0 Å². The molecule has 0 aliphatic heterocycles. The molecule has 1 heterocycles. The zero-order valence-electron chi connectivity index (χ0n) is 8.75. The van der Waals surface area contributed by atoms with Gasteiger partial charge in [0.15, 0.2) is 0 Å². The molecule has 0 saturated carbocycles. The van der Waals surface area contributed by atoms with Gasteiger partial charge in [0.25, 0.3) is 0 Å². The summed E-state index contributed by atoms with van der Waals surface area (Å²) in [6.07, 6.45) is 6.88. The summed E-state index contributed by atoms with van der Waals surface area (Å²) < 4.78 is 4.90. The van der Waals surface area contributed by atoms with Gasteiger partial charge in [0, 0.05) is 0 Å². The summed E-state index contributed by atoms with van der Waals surface area (Å²) in [5.41, 5.74) is 1.63. The third-order valence-electron chi connectivity index (χ3n) is 2.65. The molecule has 0 aliphatic rings. The predicted molar refractivity (Wildman–Crippen MR) is 60.4 cm³/mol. The number of rotatable bonds is 6. The molecule has 1 unspecified atom stereocenters. The molecule has 74 valence electrons. The van der Waals surface area contributed by atoms with Crippen molar-refractivity contribution in [2.24, 2.45) is 5.92 Å². The van der Waals surface area contributed by atoms with Crippen molar-refractivity contribution >= 4 is 20.4 Å². The van der Waals surface area contributed by atoms with Crippen LogP contribution in [0.4, 0.5) is 0 Å². The van der Waals surface area contributed by atoms with Crippen molar-refractivity contribution in [3.63, 3.8) is 0 Å². The van der Waals surface area contributed by atoms with E-state index in [9.17, 15) is 0 Å². The molecule has 1 rings (SSSR count). The summed E-state index contributed by atoms with van der Waals surface area (Å²) in [4.78, 5) is 0. The van der Waals surface area contributed by atoms with Crippen LogP contribution < -0.4 is 0 Å². The average molecular weight is 292 g/mol. The van der Waals surface area contributed by atoms with Crippen LogP contribution in [0.25, 0.3) is 0 Å². The zero-order valence-corrected chi connectivity index (χ0v) is 11.1. The van der Waals surface area contributed by atoms with E-state index in [0.717, 1.165) is 5.92 Å². The standard InChI is InChI=1S/C12H20Te/c1-3-5-6-11(4-2)9-12-7-8-13-10-12/h7-8,10-11H,3-6,9H2,1-2H3. The quantitative estimate of drug-likeness (QED) is 0.704. The number of unbranched alkanes of at least 4 members (excludes halogenated alkanes) is 1. The fourth-order valence-corrected chi connectivity index (χ4v) is 3.63. The first-order valence-electron chi connectivity index (χ1n) is 5.37. The predicted octanol–water partition coefficient (Wildman–Crippen LogP) is 3.50. The van der Waals surface area contributed by atoms with Crippen LogP contribution in [-0.2, 0) is 6.42 Å². The van der Waals surface area contributed by atoms with Crippen molar-refractivity contribution in [3.05, 3.63) is 19.8 Å². The van der Waals surface area contributed by atoms with Crippen LogP contribution in [0.2, 0.25) is 0 Å². The first kappa shape index (κ1) is 11.3. The molecular weight excluding hydrogens is 272 g/mol. The van der Waals surface area contributed by atoms with Crippen LogP contribution in [0.5, 0.6) is 0 Å². The van der Waals surface area contributed by atoms with E-state index in [1.807, 2.05) is 0 Å². The molecule has 0 nitrogen and oxygen atoms in total. The molecule has 0 aromatic carbocycles.